The van der Waals surface area contributed by atoms with E-state index in [9.17, 15) is 4.79 Å². The zero-order valence-electron chi connectivity index (χ0n) is 13.6. The van der Waals surface area contributed by atoms with Crippen LogP contribution in [-0.2, 0) is 16.1 Å². The van der Waals surface area contributed by atoms with Crippen LogP contribution in [0.25, 0.3) is 0 Å². The Balaban J connectivity index is 1.95. The lowest BCUT2D eigenvalue weighted by molar-refractivity contribution is -0.152. The Labute approximate surface area is 156 Å². The first-order valence-electron chi connectivity index (χ1n) is 7.68. The molecule has 132 valence electrons. The van der Waals surface area contributed by atoms with Crippen molar-refractivity contribution in [1.29, 1.82) is 0 Å². The van der Waals surface area contributed by atoms with Gasteiger partial charge in [-0.2, -0.15) is 0 Å². The van der Waals surface area contributed by atoms with E-state index in [0.717, 1.165) is 5.56 Å². The van der Waals surface area contributed by atoms with E-state index in [1.165, 1.54) is 0 Å². The highest BCUT2D eigenvalue weighted by molar-refractivity contribution is 6.35. The van der Waals surface area contributed by atoms with Crippen LogP contribution in [0, 0.1) is 0 Å². The second-order valence-electron chi connectivity index (χ2n) is 5.23. The van der Waals surface area contributed by atoms with Crippen LogP contribution in [-0.4, -0.2) is 17.9 Å². The third kappa shape index (κ3) is 5.96. The van der Waals surface area contributed by atoms with Crippen molar-refractivity contribution in [3.63, 3.8) is 0 Å². The highest BCUT2D eigenvalue weighted by atomic mass is 35.5. The number of benzene rings is 2. The second kappa shape index (κ2) is 9.30. The van der Waals surface area contributed by atoms with Gasteiger partial charge in [-0.1, -0.05) is 59.5 Å². The van der Waals surface area contributed by atoms with Gasteiger partial charge in [0.2, 0.25) is 0 Å². The lowest BCUT2D eigenvalue weighted by Gasteiger charge is -2.14. The van der Waals surface area contributed by atoms with Gasteiger partial charge < -0.3 is 15.3 Å². The van der Waals surface area contributed by atoms with Gasteiger partial charge in [-0.05, 0) is 36.2 Å². The van der Waals surface area contributed by atoms with Crippen LogP contribution in [0.1, 0.15) is 18.9 Å². The van der Waals surface area contributed by atoms with Crippen LogP contribution in [0.5, 0.6) is 5.75 Å². The first-order valence-corrected chi connectivity index (χ1v) is 8.44. The zero-order valence-corrected chi connectivity index (χ0v) is 15.1. The summed E-state index contributed by atoms with van der Waals surface area (Å²) in [7, 11) is 0. The molecule has 7 heteroatoms. The Morgan fingerprint density at radius 1 is 1.20 bits per heavy atom. The molecule has 2 rings (SSSR count). The minimum Gasteiger partial charge on any atom is -0.479 e. The average molecular weight is 381 g/mol. The van der Waals surface area contributed by atoms with Crippen LogP contribution >= 0.6 is 23.2 Å². The average Bonchev–Trinajstić information content (AvgIpc) is 2.61. The smallest absolute Gasteiger partial charge is 0.375 e. The number of nitrogens with two attached hydrogens (primary N) is 1. The highest BCUT2D eigenvalue weighted by Crippen LogP contribution is 2.21. The number of amidine groups is 1. The van der Waals surface area contributed by atoms with Crippen molar-refractivity contribution in [3.05, 3.63) is 64.1 Å². The van der Waals surface area contributed by atoms with E-state index in [4.69, 9.17) is 38.5 Å². The van der Waals surface area contributed by atoms with Crippen LogP contribution < -0.4 is 10.5 Å². The third-order valence-electron chi connectivity index (χ3n) is 3.29. The Morgan fingerprint density at radius 2 is 1.92 bits per heavy atom. The molecule has 0 aliphatic heterocycles. The summed E-state index contributed by atoms with van der Waals surface area (Å²) in [6, 6.07) is 14.1. The summed E-state index contributed by atoms with van der Waals surface area (Å²) >= 11 is 11.9. The van der Waals surface area contributed by atoms with Gasteiger partial charge in [-0.25, -0.2) is 4.79 Å². The molecular weight excluding hydrogens is 363 g/mol. The van der Waals surface area contributed by atoms with Gasteiger partial charge in [0.15, 0.2) is 6.10 Å². The predicted molar refractivity (Wildman–Crippen MR) is 99.0 cm³/mol. The third-order valence-corrected chi connectivity index (χ3v) is 3.88. The summed E-state index contributed by atoms with van der Waals surface area (Å²) < 4.78 is 5.59. The number of hydrogen-bond acceptors (Lipinski definition) is 4. The quantitative estimate of drug-likeness (QED) is 0.338. The summed E-state index contributed by atoms with van der Waals surface area (Å²) in [5.41, 5.74) is 6.53. The van der Waals surface area contributed by atoms with Crippen LogP contribution in [0.15, 0.2) is 53.7 Å². The molecule has 0 radical (unpaired) electrons. The number of halogens is 2. The molecule has 0 aromatic heterocycles. The molecule has 25 heavy (non-hydrogen) atoms. The minimum atomic E-state index is -0.766. The van der Waals surface area contributed by atoms with Crippen molar-refractivity contribution in [2.75, 3.05) is 0 Å². The Bertz CT molecular complexity index is 751. The number of hydrogen-bond donors (Lipinski definition) is 1. The summed E-state index contributed by atoms with van der Waals surface area (Å²) in [6.07, 6.45) is -0.0933. The normalized spacial score (nSPS) is 12.5. The molecule has 0 saturated carbocycles. The van der Waals surface area contributed by atoms with Crippen LogP contribution in [0.3, 0.4) is 0 Å². The number of para-hydroxylation sites is 1. The van der Waals surface area contributed by atoms with Crippen LogP contribution in [0.4, 0.5) is 0 Å². The van der Waals surface area contributed by atoms with Gasteiger partial charge in [0.05, 0.1) is 0 Å². The molecule has 5 nitrogen and oxygen atoms in total. The Morgan fingerprint density at radius 3 is 2.56 bits per heavy atom. The second-order valence-corrected chi connectivity index (χ2v) is 6.08. The molecule has 2 aromatic rings. The van der Waals surface area contributed by atoms with E-state index in [1.807, 2.05) is 25.1 Å². The molecule has 0 unspecified atom stereocenters. The molecule has 0 spiro atoms. The first kappa shape index (κ1) is 19.1. The minimum absolute atomic E-state index is 0.118. The maximum Gasteiger partial charge on any atom is 0.375 e. The summed E-state index contributed by atoms with van der Waals surface area (Å²) in [5, 5.41) is 4.66. The van der Waals surface area contributed by atoms with Gasteiger partial charge in [-0.15, -0.1) is 0 Å². The zero-order chi connectivity index (χ0) is 18.2. The number of ether oxygens (including phenoxy) is 1. The number of carbonyl (C=O) groups excluding carboxylic acids is 1. The summed E-state index contributed by atoms with van der Waals surface area (Å²) in [5.74, 6) is 0.0832. The lowest BCUT2D eigenvalue weighted by Crippen LogP contribution is -2.28. The monoisotopic (exact) mass is 380 g/mol. The molecule has 0 amide bonds. The lowest BCUT2D eigenvalue weighted by atomic mass is 10.1. The van der Waals surface area contributed by atoms with Crippen molar-refractivity contribution in [1.82, 2.24) is 0 Å². The molecule has 0 heterocycles. The van der Waals surface area contributed by atoms with Crippen molar-refractivity contribution < 1.29 is 14.4 Å². The number of carbonyl (C=O) groups is 1. The molecule has 0 bridgehead atoms. The maximum atomic E-state index is 12.1. The standard InChI is InChI=1S/C18H18Cl2N2O3/c1-2-16(24-14-6-4-3-5-7-14)18(23)25-22-17(21)10-12-8-9-13(19)11-15(12)20/h3-9,11,16H,2,10H2,1H3,(H2,21,22)/t16-/m0/s1. The fraction of sp³-hybridized carbons (Fsp3) is 0.222. The van der Waals surface area contributed by atoms with Crippen LogP contribution in [0.2, 0.25) is 10.0 Å². The first-order chi connectivity index (χ1) is 12.0. The number of oxime groups is 1. The van der Waals surface area contributed by atoms with E-state index in [0.29, 0.717) is 22.2 Å². The van der Waals surface area contributed by atoms with Crippen molar-refractivity contribution in [3.8, 4) is 5.75 Å². The number of rotatable bonds is 7. The summed E-state index contributed by atoms with van der Waals surface area (Å²) in [4.78, 5) is 17.0. The molecule has 0 saturated heterocycles. The summed E-state index contributed by atoms with van der Waals surface area (Å²) in [6.45, 7) is 1.81. The largest absolute Gasteiger partial charge is 0.479 e. The van der Waals surface area contributed by atoms with Gasteiger partial charge in [-0.3, -0.25) is 0 Å². The van der Waals surface area contributed by atoms with Crippen molar-refractivity contribution in [2.24, 2.45) is 10.9 Å². The van der Waals surface area contributed by atoms with Gasteiger partial charge in [0.25, 0.3) is 0 Å². The SMILES string of the molecule is CC[C@H](Oc1ccccc1)C(=O)O/N=C(/N)Cc1ccc(Cl)cc1Cl. The fourth-order valence-corrected chi connectivity index (χ4v) is 2.49. The molecule has 1 atom stereocenters. The molecular formula is C18H18Cl2N2O3. The van der Waals surface area contributed by atoms with Gasteiger partial charge in [0, 0.05) is 16.5 Å². The molecule has 2 N–H and O–H groups in total. The van der Waals surface area contributed by atoms with Gasteiger partial charge >= 0.3 is 5.97 Å². The molecule has 0 aliphatic rings. The van der Waals surface area contributed by atoms with E-state index in [1.54, 1.807) is 30.3 Å². The molecule has 0 aliphatic carbocycles. The van der Waals surface area contributed by atoms with Crippen molar-refractivity contribution in [2.45, 2.75) is 25.9 Å². The molecule has 2 aromatic carbocycles. The van der Waals surface area contributed by atoms with Crippen molar-refractivity contribution >= 4 is 35.0 Å². The van der Waals surface area contributed by atoms with Gasteiger partial charge in [0.1, 0.15) is 11.6 Å². The Hall–Kier alpha value is -2.24. The van der Waals surface area contributed by atoms with E-state index in [2.05, 4.69) is 5.16 Å². The van der Waals surface area contributed by atoms with E-state index < -0.39 is 12.1 Å². The topological polar surface area (TPSA) is 73.9 Å². The Kier molecular flexibility index (Phi) is 7.10. The fourth-order valence-electron chi connectivity index (χ4n) is 2.02. The highest BCUT2D eigenvalue weighted by Gasteiger charge is 2.20. The van der Waals surface area contributed by atoms with E-state index in [-0.39, 0.29) is 12.3 Å². The predicted octanol–water partition coefficient (Wildman–Crippen LogP) is 4.21. The van der Waals surface area contributed by atoms with E-state index >= 15 is 0 Å². The molecule has 0 fully saturated rings. The maximum absolute atomic E-state index is 12.1. The number of nitrogens with zero attached hydrogens (tertiary/aromatic N) is 1.